The number of nitrogens with two attached hydrogens (primary N) is 1. The molecule has 2 heterocycles. The van der Waals surface area contributed by atoms with Crippen molar-refractivity contribution in [3.05, 3.63) is 33.4 Å². The van der Waals surface area contributed by atoms with Crippen LogP contribution in [0, 0.1) is 6.92 Å². The fourth-order valence-electron chi connectivity index (χ4n) is 3.08. The summed E-state index contributed by atoms with van der Waals surface area (Å²) in [5.41, 5.74) is 11.4. The third-order valence-electron chi connectivity index (χ3n) is 3.97. The quantitative estimate of drug-likeness (QED) is 0.923. The smallest absolute Gasteiger partial charge is 0.0526 e. The molecule has 2 aromatic rings. The van der Waals surface area contributed by atoms with E-state index in [1.807, 2.05) is 0 Å². The molecule has 1 aromatic heterocycles. The number of aryl methyl sites for hydroxylation is 3. The van der Waals surface area contributed by atoms with E-state index in [1.165, 1.54) is 45.0 Å². The molecule has 0 saturated heterocycles. The predicted octanol–water partition coefficient (Wildman–Crippen LogP) is 3.55. The molecule has 3 rings (SSSR count). The first-order valence-electron chi connectivity index (χ1n) is 6.72. The minimum atomic E-state index is 0.772. The Bertz CT molecular complexity index is 598. The maximum absolute atomic E-state index is 5.62. The first-order valence-corrected chi connectivity index (χ1v) is 7.52. The molecule has 0 aliphatic carbocycles. The summed E-state index contributed by atoms with van der Waals surface area (Å²) >= 11 is 3.76. The molecular formula is C15H19BrN2. The Morgan fingerprint density at radius 1 is 1.39 bits per heavy atom. The van der Waals surface area contributed by atoms with Gasteiger partial charge in [0.05, 0.1) is 5.52 Å². The fraction of sp³-hybridized carbons (Fsp3) is 0.467. The molecule has 0 unspecified atom stereocenters. The van der Waals surface area contributed by atoms with Crippen LogP contribution >= 0.6 is 15.9 Å². The molecule has 0 amide bonds. The Labute approximate surface area is 116 Å². The third kappa shape index (κ3) is 1.81. The Morgan fingerprint density at radius 2 is 2.22 bits per heavy atom. The second-order valence-electron chi connectivity index (χ2n) is 5.20. The number of aromatic nitrogens is 1. The summed E-state index contributed by atoms with van der Waals surface area (Å²) in [6, 6.07) is 4.73. The highest BCUT2D eigenvalue weighted by atomic mass is 79.9. The number of rotatable bonds is 3. The van der Waals surface area contributed by atoms with Gasteiger partial charge in [-0.2, -0.15) is 0 Å². The van der Waals surface area contributed by atoms with Gasteiger partial charge in [-0.05, 0) is 72.3 Å². The number of nitrogens with zero attached hydrogens (tertiary/aromatic N) is 1. The van der Waals surface area contributed by atoms with Gasteiger partial charge in [-0.25, -0.2) is 0 Å². The molecule has 0 atom stereocenters. The monoisotopic (exact) mass is 306 g/mol. The summed E-state index contributed by atoms with van der Waals surface area (Å²) in [4.78, 5) is 0. The van der Waals surface area contributed by atoms with Gasteiger partial charge in [0.15, 0.2) is 0 Å². The van der Waals surface area contributed by atoms with Gasteiger partial charge in [-0.3, -0.25) is 0 Å². The predicted molar refractivity (Wildman–Crippen MR) is 80.1 cm³/mol. The second-order valence-corrected chi connectivity index (χ2v) is 5.99. The van der Waals surface area contributed by atoms with Gasteiger partial charge in [0, 0.05) is 22.1 Å². The standard InChI is InChI=1S/C15H19BrN2/c1-10-14(16)13-9-11(4-2-6-17)8-12-5-3-7-18(10)15(12)13/h8-9H,2-7,17H2,1H3. The average molecular weight is 307 g/mol. The highest BCUT2D eigenvalue weighted by molar-refractivity contribution is 9.10. The summed E-state index contributed by atoms with van der Waals surface area (Å²) in [6.07, 6.45) is 4.63. The van der Waals surface area contributed by atoms with Gasteiger partial charge in [0.1, 0.15) is 0 Å². The minimum Gasteiger partial charge on any atom is -0.343 e. The van der Waals surface area contributed by atoms with Gasteiger partial charge in [-0.15, -0.1) is 0 Å². The minimum absolute atomic E-state index is 0.772. The highest BCUT2D eigenvalue weighted by Gasteiger charge is 2.19. The SMILES string of the molecule is Cc1c(Br)c2cc(CCCN)cc3c2n1CCC3. The fourth-order valence-corrected chi connectivity index (χ4v) is 3.59. The van der Waals surface area contributed by atoms with E-state index in [2.05, 4.69) is 39.6 Å². The average Bonchev–Trinajstić information content (AvgIpc) is 2.64. The molecule has 96 valence electrons. The van der Waals surface area contributed by atoms with Gasteiger partial charge < -0.3 is 10.3 Å². The van der Waals surface area contributed by atoms with Crippen molar-refractivity contribution < 1.29 is 0 Å². The summed E-state index contributed by atoms with van der Waals surface area (Å²) in [6.45, 7) is 4.14. The van der Waals surface area contributed by atoms with Crippen LogP contribution in [0.25, 0.3) is 10.9 Å². The van der Waals surface area contributed by atoms with E-state index in [9.17, 15) is 0 Å². The Kier molecular flexibility index (Phi) is 3.20. The van der Waals surface area contributed by atoms with Gasteiger partial charge >= 0.3 is 0 Å². The Balaban J connectivity index is 2.20. The maximum Gasteiger partial charge on any atom is 0.0526 e. The van der Waals surface area contributed by atoms with Crippen LogP contribution in [0.15, 0.2) is 16.6 Å². The number of hydrogen-bond acceptors (Lipinski definition) is 1. The maximum atomic E-state index is 5.62. The normalized spacial score (nSPS) is 14.4. The summed E-state index contributed by atoms with van der Waals surface area (Å²) in [5.74, 6) is 0. The van der Waals surface area contributed by atoms with Gasteiger partial charge in [0.25, 0.3) is 0 Å². The van der Waals surface area contributed by atoms with E-state index in [1.54, 1.807) is 0 Å². The van der Waals surface area contributed by atoms with Gasteiger partial charge in [0.2, 0.25) is 0 Å². The van der Waals surface area contributed by atoms with Crippen LogP contribution in [0.4, 0.5) is 0 Å². The molecule has 0 fully saturated rings. The number of hydrogen-bond donors (Lipinski definition) is 1. The van der Waals surface area contributed by atoms with Crippen LogP contribution in [0.5, 0.6) is 0 Å². The topological polar surface area (TPSA) is 30.9 Å². The van der Waals surface area contributed by atoms with E-state index in [4.69, 9.17) is 5.73 Å². The molecule has 1 aliphatic rings. The molecular weight excluding hydrogens is 288 g/mol. The molecule has 2 nitrogen and oxygen atoms in total. The van der Waals surface area contributed by atoms with Crippen molar-refractivity contribution in [2.45, 2.75) is 39.2 Å². The van der Waals surface area contributed by atoms with Crippen molar-refractivity contribution >= 4 is 26.8 Å². The van der Waals surface area contributed by atoms with E-state index in [0.29, 0.717) is 0 Å². The van der Waals surface area contributed by atoms with Crippen LogP contribution in [-0.4, -0.2) is 11.1 Å². The van der Waals surface area contributed by atoms with Crippen LogP contribution in [0.1, 0.15) is 29.7 Å². The lowest BCUT2D eigenvalue weighted by Gasteiger charge is -2.18. The Morgan fingerprint density at radius 3 is 3.00 bits per heavy atom. The molecule has 0 bridgehead atoms. The summed E-state index contributed by atoms with van der Waals surface area (Å²) in [5, 5.41) is 1.39. The van der Waals surface area contributed by atoms with Crippen molar-refractivity contribution in [2.24, 2.45) is 5.73 Å². The largest absolute Gasteiger partial charge is 0.343 e. The van der Waals surface area contributed by atoms with E-state index < -0.39 is 0 Å². The Hall–Kier alpha value is -0.800. The summed E-state index contributed by atoms with van der Waals surface area (Å²) < 4.78 is 3.74. The molecule has 1 aliphatic heterocycles. The molecule has 18 heavy (non-hydrogen) atoms. The molecule has 0 saturated carbocycles. The van der Waals surface area contributed by atoms with E-state index in [-0.39, 0.29) is 0 Å². The number of benzene rings is 1. The van der Waals surface area contributed by atoms with Crippen molar-refractivity contribution in [1.29, 1.82) is 0 Å². The van der Waals surface area contributed by atoms with E-state index >= 15 is 0 Å². The zero-order valence-corrected chi connectivity index (χ0v) is 12.4. The van der Waals surface area contributed by atoms with Crippen LogP contribution in [0.2, 0.25) is 0 Å². The lowest BCUT2D eigenvalue weighted by atomic mass is 9.98. The first kappa shape index (κ1) is 12.2. The van der Waals surface area contributed by atoms with Gasteiger partial charge in [-0.1, -0.05) is 6.07 Å². The first-order chi connectivity index (χ1) is 8.72. The van der Waals surface area contributed by atoms with Crippen molar-refractivity contribution in [3.8, 4) is 0 Å². The van der Waals surface area contributed by atoms with Crippen LogP contribution in [0.3, 0.4) is 0 Å². The highest BCUT2D eigenvalue weighted by Crippen LogP contribution is 2.36. The second kappa shape index (κ2) is 4.71. The lowest BCUT2D eigenvalue weighted by Crippen LogP contribution is -2.09. The third-order valence-corrected chi connectivity index (χ3v) is 4.98. The van der Waals surface area contributed by atoms with Crippen molar-refractivity contribution in [1.82, 2.24) is 4.57 Å². The number of halogens is 1. The van der Waals surface area contributed by atoms with E-state index in [0.717, 1.165) is 25.9 Å². The zero-order valence-electron chi connectivity index (χ0n) is 10.8. The molecule has 0 radical (unpaired) electrons. The molecule has 1 aromatic carbocycles. The van der Waals surface area contributed by atoms with Crippen LogP contribution in [-0.2, 0) is 19.4 Å². The van der Waals surface area contributed by atoms with Crippen molar-refractivity contribution in [2.75, 3.05) is 6.54 Å². The summed E-state index contributed by atoms with van der Waals surface area (Å²) in [7, 11) is 0. The lowest BCUT2D eigenvalue weighted by molar-refractivity contribution is 0.622. The van der Waals surface area contributed by atoms with Crippen molar-refractivity contribution in [3.63, 3.8) is 0 Å². The molecule has 2 N–H and O–H groups in total. The molecule has 3 heteroatoms. The zero-order chi connectivity index (χ0) is 12.7. The van der Waals surface area contributed by atoms with Crippen LogP contribution < -0.4 is 5.73 Å². The molecule has 0 spiro atoms.